The molecule has 0 saturated heterocycles. The Morgan fingerprint density at radius 3 is 2.75 bits per heavy atom. The van der Waals surface area contributed by atoms with Gasteiger partial charge in [-0.15, -0.1) is 10.2 Å². The molecule has 6 nitrogen and oxygen atoms in total. The van der Waals surface area contributed by atoms with Crippen LogP contribution < -0.4 is 0 Å². The van der Waals surface area contributed by atoms with Crippen molar-refractivity contribution < 1.29 is 15.0 Å². The van der Waals surface area contributed by atoms with Crippen molar-refractivity contribution in [1.29, 1.82) is 0 Å². The summed E-state index contributed by atoms with van der Waals surface area (Å²) >= 11 is 0. The summed E-state index contributed by atoms with van der Waals surface area (Å²) < 4.78 is 1.74. The molecule has 1 aromatic carbocycles. The van der Waals surface area contributed by atoms with Gasteiger partial charge in [0.2, 0.25) is 0 Å². The summed E-state index contributed by atoms with van der Waals surface area (Å²) in [6.07, 6.45) is 0.255. The third-order valence-corrected chi connectivity index (χ3v) is 3.68. The molecule has 3 rings (SSSR count). The van der Waals surface area contributed by atoms with Crippen LogP contribution in [0.25, 0.3) is 0 Å². The van der Waals surface area contributed by atoms with Gasteiger partial charge in [-0.3, -0.25) is 4.79 Å². The summed E-state index contributed by atoms with van der Waals surface area (Å²) in [5.41, 5.74) is 0.722. The number of aromatic nitrogens is 3. The number of carboxylic acids is 1. The maximum atomic E-state index is 11.1. The largest absolute Gasteiger partial charge is 0.481 e. The molecular formula is C14H15N3O3. The minimum absolute atomic E-state index is 0.316. The molecule has 0 amide bonds. The van der Waals surface area contributed by atoms with Crippen LogP contribution in [-0.2, 0) is 17.8 Å². The van der Waals surface area contributed by atoms with Crippen LogP contribution in [-0.4, -0.2) is 30.9 Å². The molecule has 1 aromatic heterocycles. The summed E-state index contributed by atoms with van der Waals surface area (Å²) in [7, 11) is 0. The molecule has 6 heteroatoms. The van der Waals surface area contributed by atoms with E-state index in [2.05, 4.69) is 10.2 Å². The Kier molecular flexibility index (Phi) is 3.23. The van der Waals surface area contributed by atoms with E-state index in [9.17, 15) is 9.90 Å². The topological polar surface area (TPSA) is 88.2 Å². The normalized spacial score (nSPS) is 19.4. The molecule has 2 heterocycles. The molecule has 0 saturated carbocycles. The highest BCUT2D eigenvalue weighted by molar-refractivity contribution is 5.70. The molecule has 2 aromatic rings. The Morgan fingerprint density at radius 1 is 1.30 bits per heavy atom. The number of nitrogens with zero attached hydrogens (tertiary/aromatic N) is 3. The van der Waals surface area contributed by atoms with E-state index in [0.717, 1.165) is 11.4 Å². The van der Waals surface area contributed by atoms with E-state index in [-0.39, 0.29) is 0 Å². The quantitative estimate of drug-likeness (QED) is 0.871. The van der Waals surface area contributed by atoms with Crippen LogP contribution in [0.2, 0.25) is 0 Å². The van der Waals surface area contributed by atoms with Crippen molar-refractivity contribution in [2.45, 2.75) is 25.5 Å². The average Bonchev–Trinajstić information content (AvgIpc) is 2.90. The molecule has 0 spiro atoms. The average molecular weight is 273 g/mol. The lowest BCUT2D eigenvalue weighted by molar-refractivity contribution is -0.142. The Balaban J connectivity index is 1.93. The van der Waals surface area contributed by atoms with Crippen molar-refractivity contribution in [3.8, 4) is 0 Å². The lowest BCUT2D eigenvalue weighted by Gasteiger charge is -2.22. The molecule has 0 fully saturated rings. The number of aliphatic hydroxyl groups is 1. The standard InChI is InChI=1S/C14H15N3O3/c18-12(9-4-2-1-3-5-9)13-16-15-11-7-6-10(14(19)20)8-17(11)13/h1-5,10,12,18H,6-8H2,(H,19,20). The summed E-state index contributed by atoms with van der Waals surface area (Å²) in [6.45, 7) is 0.316. The van der Waals surface area contributed by atoms with Gasteiger partial charge in [-0.25, -0.2) is 0 Å². The van der Waals surface area contributed by atoms with Crippen LogP contribution in [0, 0.1) is 5.92 Å². The second-order valence-corrected chi connectivity index (χ2v) is 4.97. The Labute approximate surface area is 115 Å². The third kappa shape index (κ3) is 2.18. The van der Waals surface area contributed by atoms with Crippen molar-refractivity contribution in [3.05, 3.63) is 47.5 Å². The molecule has 1 aliphatic heterocycles. The van der Waals surface area contributed by atoms with Gasteiger partial charge in [0.25, 0.3) is 0 Å². The molecule has 0 radical (unpaired) electrons. The summed E-state index contributed by atoms with van der Waals surface area (Å²) in [5.74, 6) is -0.102. The van der Waals surface area contributed by atoms with E-state index >= 15 is 0 Å². The maximum Gasteiger partial charge on any atom is 0.308 e. The van der Waals surface area contributed by atoms with E-state index in [1.165, 1.54) is 0 Å². The van der Waals surface area contributed by atoms with E-state index in [1.807, 2.05) is 30.3 Å². The van der Waals surface area contributed by atoms with Gasteiger partial charge in [0.15, 0.2) is 5.82 Å². The number of carboxylic acid groups (broad SMARTS) is 1. The minimum atomic E-state index is -0.884. The molecule has 0 aliphatic carbocycles. The smallest absolute Gasteiger partial charge is 0.308 e. The summed E-state index contributed by atoms with van der Waals surface area (Å²) in [6, 6.07) is 9.17. The van der Waals surface area contributed by atoms with Crippen LogP contribution in [0.4, 0.5) is 0 Å². The Morgan fingerprint density at radius 2 is 2.05 bits per heavy atom. The molecule has 2 atom stereocenters. The number of aryl methyl sites for hydroxylation is 1. The first-order valence-electron chi connectivity index (χ1n) is 6.54. The van der Waals surface area contributed by atoms with Crippen LogP contribution in [0.5, 0.6) is 0 Å². The monoisotopic (exact) mass is 273 g/mol. The number of fused-ring (bicyclic) bond motifs is 1. The highest BCUT2D eigenvalue weighted by Crippen LogP contribution is 2.26. The number of hydrogen-bond acceptors (Lipinski definition) is 4. The van der Waals surface area contributed by atoms with Crippen LogP contribution in [0.1, 0.15) is 29.7 Å². The first kappa shape index (κ1) is 12.8. The Hall–Kier alpha value is -2.21. The zero-order valence-electron chi connectivity index (χ0n) is 10.8. The van der Waals surface area contributed by atoms with Gasteiger partial charge in [0, 0.05) is 13.0 Å². The number of aliphatic hydroxyl groups excluding tert-OH is 1. The van der Waals surface area contributed by atoms with Crippen molar-refractivity contribution in [1.82, 2.24) is 14.8 Å². The first-order chi connectivity index (χ1) is 9.66. The van der Waals surface area contributed by atoms with Gasteiger partial charge >= 0.3 is 5.97 Å². The number of aliphatic carboxylic acids is 1. The zero-order chi connectivity index (χ0) is 14.1. The Bertz CT molecular complexity index is 624. The lowest BCUT2D eigenvalue weighted by atomic mass is 9.99. The highest BCUT2D eigenvalue weighted by atomic mass is 16.4. The van der Waals surface area contributed by atoms with Crippen LogP contribution in [0.15, 0.2) is 30.3 Å². The van der Waals surface area contributed by atoms with Crippen LogP contribution >= 0.6 is 0 Å². The van der Waals surface area contributed by atoms with Crippen molar-refractivity contribution in [3.63, 3.8) is 0 Å². The molecule has 2 N–H and O–H groups in total. The molecule has 2 unspecified atom stereocenters. The van der Waals surface area contributed by atoms with Crippen molar-refractivity contribution >= 4 is 5.97 Å². The predicted octanol–water partition coefficient (Wildman–Crippen LogP) is 1.01. The number of hydrogen-bond donors (Lipinski definition) is 2. The van der Waals surface area contributed by atoms with Crippen LogP contribution in [0.3, 0.4) is 0 Å². The number of carbonyl (C=O) groups is 1. The lowest BCUT2D eigenvalue weighted by Crippen LogP contribution is -2.28. The van der Waals surface area contributed by atoms with E-state index in [4.69, 9.17) is 5.11 Å². The first-order valence-corrected chi connectivity index (χ1v) is 6.54. The van der Waals surface area contributed by atoms with Crippen molar-refractivity contribution in [2.24, 2.45) is 5.92 Å². The highest BCUT2D eigenvalue weighted by Gasteiger charge is 2.29. The molecule has 0 bridgehead atoms. The second-order valence-electron chi connectivity index (χ2n) is 4.97. The van der Waals surface area contributed by atoms with Gasteiger partial charge in [0.1, 0.15) is 11.9 Å². The predicted molar refractivity (Wildman–Crippen MR) is 70.0 cm³/mol. The molecular weight excluding hydrogens is 258 g/mol. The third-order valence-electron chi connectivity index (χ3n) is 3.68. The van der Waals surface area contributed by atoms with E-state index in [0.29, 0.717) is 25.2 Å². The molecule has 104 valence electrons. The van der Waals surface area contributed by atoms with Gasteiger partial charge in [-0.05, 0) is 12.0 Å². The molecule has 1 aliphatic rings. The minimum Gasteiger partial charge on any atom is -0.481 e. The SMILES string of the molecule is O=C(O)C1CCc2nnc(C(O)c3ccccc3)n2C1. The maximum absolute atomic E-state index is 11.1. The number of rotatable bonds is 3. The number of benzene rings is 1. The van der Waals surface area contributed by atoms with Gasteiger partial charge in [0.05, 0.1) is 5.92 Å². The fraction of sp³-hybridized carbons (Fsp3) is 0.357. The van der Waals surface area contributed by atoms with Crippen molar-refractivity contribution in [2.75, 3.05) is 0 Å². The fourth-order valence-corrected chi connectivity index (χ4v) is 2.54. The van der Waals surface area contributed by atoms with E-state index in [1.54, 1.807) is 4.57 Å². The summed E-state index contributed by atoms with van der Waals surface area (Å²) in [5, 5.41) is 27.6. The molecule has 20 heavy (non-hydrogen) atoms. The van der Waals surface area contributed by atoms with E-state index < -0.39 is 18.0 Å². The van der Waals surface area contributed by atoms with Gasteiger partial charge in [-0.2, -0.15) is 0 Å². The summed E-state index contributed by atoms with van der Waals surface area (Å²) in [4.78, 5) is 11.1. The fourth-order valence-electron chi connectivity index (χ4n) is 2.54. The van der Waals surface area contributed by atoms with Gasteiger partial charge in [-0.1, -0.05) is 30.3 Å². The zero-order valence-corrected chi connectivity index (χ0v) is 10.8. The van der Waals surface area contributed by atoms with Gasteiger partial charge < -0.3 is 14.8 Å². The second kappa shape index (κ2) is 5.05.